The van der Waals surface area contributed by atoms with Crippen molar-refractivity contribution in [2.24, 2.45) is 5.10 Å². The number of nitrogens with zero attached hydrogens (tertiary/aromatic N) is 3. The number of anilines is 1. The molecule has 7 nitrogen and oxygen atoms in total. The van der Waals surface area contributed by atoms with E-state index in [-0.39, 0.29) is 18.1 Å². The Balaban J connectivity index is 1.48. The molecule has 35 heavy (non-hydrogen) atoms. The molecule has 1 heterocycles. The van der Waals surface area contributed by atoms with Gasteiger partial charge in [-0.1, -0.05) is 46.1 Å². The van der Waals surface area contributed by atoms with Gasteiger partial charge in [-0.3, -0.25) is 9.59 Å². The summed E-state index contributed by atoms with van der Waals surface area (Å²) in [5.74, 6) is 0.550. The molecule has 4 aromatic rings. The molecule has 1 aromatic heterocycles. The Kier molecular flexibility index (Phi) is 7.85. The molecule has 0 aliphatic rings. The number of carbonyl (C=O) groups is 1. The molecular formula is C25H19BrCl2N4O3. The Labute approximate surface area is 219 Å². The molecule has 0 bridgehead atoms. The quantitative estimate of drug-likeness (QED) is 0.278. The lowest BCUT2D eigenvalue weighted by Gasteiger charge is -2.10. The predicted molar refractivity (Wildman–Crippen MR) is 143 cm³/mol. The Morgan fingerprint density at radius 3 is 2.63 bits per heavy atom. The zero-order valence-electron chi connectivity index (χ0n) is 18.5. The van der Waals surface area contributed by atoms with E-state index in [9.17, 15) is 9.59 Å². The summed E-state index contributed by atoms with van der Waals surface area (Å²) < 4.78 is 7.61. The molecule has 4 rings (SSSR count). The van der Waals surface area contributed by atoms with Crippen LogP contribution in [0, 0.1) is 0 Å². The van der Waals surface area contributed by atoms with Gasteiger partial charge in [0.2, 0.25) is 0 Å². The van der Waals surface area contributed by atoms with Crippen molar-refractivity contribution >= 4 is 67.8 Å². The van der Waals surface area contributed by atoms with Gasteiger partial charge in [0.1, 0.15) is 11.6 Å². The van der Waals surface area contributed by atoms with Gasteiger partial charge in [-0.2, -0.15) is 9.78 Å². The normalized spacial score (nSPS) is 11.2. The van der Waals surface area contributed by atoms with E-state index in [4.69, 9.17) is 27.9 Å². The van der Waals surface area contributed by atoms with E-state index in [2.05, 4.69) is 31.3 Å². The van der Waals surface area contributed by atoms with E-state index in [0.717, 1.165) is 4.47 Å². The van der Waals surface area contributed by atoms with E-state index in [1.54, 1.807) is 54.6 Å². The third-order valence-electron chi connectivity index (χ3n) is 4.96. The number of hydrogen-bond donors (Lipinski definition) is 1. The highest BCUT2D eigenvalue weighted by atomic mass is 79.9. The minimum absolute atomic E-state index is 0.219. The Morgan fingerprint density at radius 2 is 1.91 bits per heavy atom. The first-order chi connectivity index (χ1) is 16.8. The maximum absolute atomic E-state index is 13.0. The van der Waals surface area contributed by atoms with E-state index in [1.165, 1.54) is 10.9 Å². The zero-order chi connectivity index (χ0) is 24.9. The smallest absolute Gasteiger partial charge is 0.282 e. The number of ether oxygens (including phenoxy) is 1. The number of amides is 1. The topological polar surface area (TPSA) is 85.6 Å². The van der Waals surface area contributed by atoms with Crippen molar-refractivity contribution in [1.29, 1.82) is 0 Å². The summed E-state index contributed by atoms with van der Waals surface area (Å²) in [5, 5.41) is 8.41. The van der Waals surface area contributed by atoms with Crippen LogP contribution in [0.15, 0.2) is 75.0 Å². The van der Waals surface area contributed by atoms with E-state index in [0.29, 0.717) is 50.2 Å². The average Bonchev–Trinajstić information content (AvgIpc) is 2.84. The van der Waals surface area contributed by atoms with Crippen LogP contribution in [0.25, 0.3) is 10.9 Å². The lowest BCUT2D eigenvalue weighted by atomic mass is 10.2. The fourth-order valence-electron chi connectivity index (χ4n) is 3.26. The molecule has 1 amide bonds. The summed E-state index contributed by atoms with van der Waals surface area (Å²) in [5.41, 5.74) is 1.61. The van der Waals surface area contributed by atoms with Crippen molar-refractivity contribution in [2.45, 2.75) is 13.3 Å². The second-order valence-corrected chi connectivity index (χ2v) is 9.20. The van der Waals surface area contributed by atoms with Crippen LogP contribution < -0.4 is 15.6 Å². The molecule has 1 N–H and O–H groups in total. The number of benzene rings is 3. The zero-order valence-corrected chi connectivity index (χ0v) is 21.6. The van der Waals surface area contributed by atoms with Crippen LogP contribution in [-0.2, 0) is 11.2 Å². The van der Waals surface area contributed by atoms with Crippen molar-refractivity contribution in [3.63, 3.8) is 0 Å². The predicted octanol–water partition coefficient (Wildman–Crippen LogP) is 5.93. The van der Waals surface area contributed by atoms with E-state index < -0.39 is 0 Å². The van der Waals surface area contributed by atoms with E-state index in [1.807, 2.05) is 13.0 Å². The van der Waals surface area contributed by atoms with Gasteiger partial charge in [0.15, 0.2) is 6.61 Å². The number of fused-ring (bicyclic) bond motifs is 1. The standard InChI is InChI=1S/C25H19BrCl2N4O3/c1-2-23-31-21-9-4-16(26)12-19(21)25(34)32(23)29-13-15-3-10-22(20(28)11-15)35-14-24(33)30-18-7-5-17(27)6-8-18/h3-13H,2,14H2,1H3,(H,30,33). The summed E-state index contributed by atoms with van der Waals surface area (Å²) in [6, 6.07) is 17.1. The fraction of sp³-hybridized carbons (Fsp3) is 0.120. The molecule has 0 radical (unpaired) electrons. The largest absolute Gasteiger partial charge is 0.482 e. The van der Waals surface area contributed by atoms with Gasteiger partial charge in [0.25, 0.3) is 11.5 Å². The Bertz CT molecular complexity index is 1490. The molecular weight excluding hydrogens is 555 g/mol. The molecule has 0 aliphatic heterocycles. The second kappa shape index (κ2) is 11.0. The lowest BCUT2D eigenvalue weighted by molar-refractivity contribution is -0.118. The van der Waals surface area contributed by atoms with Crippen molar-refractivity contribution < 1.29 is 9.53 Å². The van der Waals surface area contributed by atoms with Crippen LogP contribution in [-0.4, -0.2) is 28.4 Å². The first-order valence-corrected chi connectivity index (χ1v) is 12.1. The van der Waals surface area contributed by atoms with Crippen LogP contribution in [0.1, 0.15) is 18.3 Å². The average molecular weight is 574 g/mol. The fourth-order valence-corrected chi connectivity index (χ4v) is 3.99. The van der Waals surface area contributed by atoms with Crippen molar-refractivity contribution in [2.75, 3.05) is 11.9 Å². The molecule has 0 atom stereocenters. The maximum Gasteiger partial charge on any atom is 0.282 e. The number of hydrogen-bond acceptors (Lipinski definition) is 5. The van der Waals surface area contributed by atoms with Gasteiger partial charge in [-0.05, 0) is 66.2 Å². The molecule has 3 aromatic carbocycles. The molecule has 0 unspecified atom stereocenters. The van der Waals surface area contributed by atoms with Crippen molar-refractivity contribution in [3.05, 3.63) is 96.9 Å². The summed E-state index contributed by atoms with van der Waals surface area (Å²) in [7, 11) is 0. The van der Waals surface area contributed by atoms with Crippen molar-refractivity contribution in [3.8, 4) is 5.75 Å². The van der Waals surface area contributed by atoms with Gasteiger partial charge < -0.3 is 10.1 Å². The Morgan fingerprint density at radius 1 is 1.14 bits per heavy atom. The first-order valence-electron chi connectivity index (χ1n) is 10.6. The van der Waals surface area contributed by atoms with Crippen molar-refractivity contribution in [1.82, 2.24) is 9.66 Å². The van der Waals surface area contributed by atoms with Crippen LogP contribution >= 0.6 is 39.1 Å². The molecule has 0 spiro atoms. The molecule has 10 heteroatoms. The van der Waals surface area contributed by atoms with Gasteiger partial charge in [-0.25, -0.2) is 4.98 Å². The maximum atomic E-state index is 13.0. The lowest BCUT2D eigenvalue weighted by Crippen LogP contribution is -2.22. The van der Waals surface area contributed by atoms with E-state index >= 15 is 0 Å². The number of carbonyl (C=O) groups excluding carboxylic acids is 1. The highest BCUT2D eigenvalue weighted by Gasteiger charge is 2.11. The molecule has 0 saturated heterocycles. The number of halogens is 3. The number of aromatic nitrogens is 2. The van der Waals surface area contributed by atoms with Crippen LogP contribution in [0.3, 0.4) is 0 Å². The summed E-state index contributed by atoms with van der Waals surface area (Å²) >= 11 is 15.6. The third kappa shape index (κ3) is 6.08. The van der Waals surface area contributed by atoms with Gasteiger partial charge >= 0.3 is 0 Å². The SMILES string of the molecule is CCc1nc2ccc(Br)cc2c(=O)n1N=Cc1ccc(OCC(=O)Nc2ccc(Cl)cc2)c(Cl)c1. The first kappa shape index (κ1) is 24.9. The monoisotopic (exact) mass is 572 g/mol. The minimum Gasteiger partial charge on any atom is -0.482 e. The number of aryl methyl sites for hydroxylation is 1. The summed E-state index contributed by atoms with van der Waals surface area (Å²) in [4.78, 5) is 29.7. The van der Waals surface area contributed by atoms with Gasteiger partial charge in [-0.15, -0.1) is 0 Å². The highest BCUT2D eigenvalue weighted by molar-refractivity contribution is 9.10. The number of nitrogens with one attached hydrogen (secondary N) is 1. The second-order valence-electron chi connectivity index (χ2n) is 7.44. The molecule has 0 fully saturated rings. The van der Waals surface area contributed by atoms with Gasteiger partial charge in [0.05, 0.1) is 22.1 Å². The molecule has 178 valence electrons. The summed E-state index contributed by atoms with van der Waals surface area (Å²) in [6.07, 6.45) is 2.05. The third-order valence-corrected chi connectivity index (χ3v) is 6.00. The minimum atomic E-state index is -0.337. The number of rotatable bonds is 7. The molecule has 0 saturated carbocycles. The molecule has 0 aliphatic carbocycles. The van der Waals surface area contributed by atoms with Crippen LogP contribution in [0.2, 0.25) is 10.0 Å². The van der Waals surface area contributed by atoms with Gasteiger partial charge in [0, 0.05) is 21.6 Å². The highest BCUT2D eigenvalue weighted by Crippen LogP contribution is 2.25. The summed E-state index contributed by atoms with van der Waals surface area (Å²) in [6.45, 7) is 1.69. The Hall–Kier alpha value is -3.20. The van der Waals surface area contributed by atoms with Crippen LogP contribution in [0.5, 0.6) is 5.75 Å². The van der Waals surface area contributed by atoms with Crippen LogP contribution in [0.4, 0.5) is 5.69 Å².